The first-order valence-electron chi connectivity index (χ1n) is 8.21. The molecule has 3 saturated heterocycles. The molecule has 2 aromatic heterocycles. The minimum absolute atomic E-state index is 0.646. The van der Waals surface area contributed by atoms with E-state index in [0.29, 0.717) is 6.04 Å². The van der Waals surface area contributed by atoms with E-state index in [1.165, 1.54) is 31.6 Å². The molecule has 1 N–H and O–H groups in total. The lowest BCUT2D eigenvalue weighted by Gasteiger charge is -2.35. The van der Waals surface area contributed by atoms with Gasteiger partial charge in [-0.25, -0.2) is 4.98 Å². The third-order valence-corrected chi connectivity index (χ3v) is 4.92. The molecule has 2 atom stereocenters. The number of rotatable bonds is 4. The largest absolute Gasteiger partial charge is 0.348 e. The second-order valence-electron chi connectivity index (χ2n) is 6.58. The van der Waals surface area contributed by atoms with Gasteiger partial charge in [0.2, 0.25) is 0 Å². The van der Waals surface area contributed by atoms with E-state index in [2.05, 4.69) is 36.9 Å². The van der Waals surface area contributed by atoms with Crippen molar-refractivity contribution in [2.45, 2.75) is 32.0 Å². The van der Waals surface area contributed by atoms with E-state index in [1.807, 2.05) is 24.7 Å². The zero-order valence-electron chi connectivity index (χ0n) is 12.9. The summed E-state index contributed by atoms with van der Waals surface area (Å²) in [4.78, 5) is 17.3. The Morgan fingerprint density at radius 3 is 2.86 bits per heavy atom. The molecular formula is C17H23N5. The van der Waals surface area contributed by atoms with Gasteiger partial charge >= 0.3 is 0 Å². The van der Waals surface area contributed by atoms with Gasteiger partial charge in [-0.1, -0.05) is 6.07 Å². The number of H-pyrrole nitrogens is 1. The van der Waals surface area contributed by atoms with Crippen LogP contribution in [0.4, 0.5) is 0 Å². The molecular weight excluding hydrogens is 274 g/mol. The van der Waals surface area contributed by atoms with Gasteiger partial charge in [0.15, 0.2) is 0 Å². The van der Waals surface area contributed by atoms with Crippen LogP contribution in [0.25, 0.3) is 0 Å². The molecule has 0 spiro atoms. The fourth-order valence-corrected chi connectivity index (χ4v) is 3.90. The van der Waals surface area contributed by atoms with E-state index in [-0.39, 0.29) is 0 Å². The summed E-state index contributed by atoms with van der Waals surface area (Å²) in [6.07, 6.45) is 8.32. The van der Waals surface area contributed by atoms with Gasteiger partial charge in [-0.15, -0.1) is 0 Å². The summed E-state index contributed by atoms with van der Waals surface area (Å²) in [5, 5.41) is 0. The molecule has 3 aliphatic heterocycles. The lowest BCUT2D eigenvalue weighted by Crippen LogP contribution is -2.43. The van der Waals surface area contributed by atoms with Crippen molar-refractivity contribution in [1.82, 2.24) is 24.8 Å². The normalized spacial score (nSPS) is 26.2. The van der Waals surface area contributed by atoms with Crippen LogP contribution in [0.3, 0.4) is 0 Å². The zero-order chi connectivity index (χ0) is 14.8. The fourth-order valence-electron chi connectivity index (χ4n) is 3.90. The maximum atomic E-state index is 4.48. The number of hydrogen-bond donors (Lipinski definition) is 1. The number of piperidine rings is 1. The molecule has 0 saturated carbocycles. The second kappa shape index (κ2) is 6.18. The molecule has 3 aliphatic rings. The van der Waals surface area contributed by atoms with Crippen molar-refractivity contribution in [2.24, 2.45) is 5.92 Å². The Balaban J connectivity index is 1.44. The summed E-state index contributed by atoms with van der Waals surface area (Å²) in [5.41, 5.74) is 1.18. The van der Waals surface area contributed by atoms with Gasteiger partial charge in [-0.2, -0.15) is 0 Å². The number of aromatic amines is 1. The number of hydrogen-bond acceptors (Lipinski definition) is 4. The van der Waals surface area contributed by atoms with Crippen LogP contribution in [-0.4, -0.2) is 50.4 Å². The molecule has 22 heavy (non-hydrogen) atoms. The van der Waals surface area contributed by atoms with Crippen LogP contribution in [0.15, 0.2) is 36.8 Å². The van der Waals surface area contributed by atoms with Crippen LogP contribution in [0, 0.1) is 5.92 Å². The Hall–Kier alpha value is -1.72. The van der Waals surface area contributed by atoms with Gasteiger partial charge in [-0.3, -0.25) is 14.8 Å². The predicted octanol–water partition coefficient (Wildman–Crippen LogP) is 1.90. The minimum Gasteiger partial charge on any atom is -0.348 e. The van der Waals surface area contributed by atoms with Gasteiger partial charge in [0.05, 0.1) is 12.2 Å². The van der Waals surface area contributed by atoms with E-state index in [1.54, 1.807) is 0 Å². The molecule has 0 amide bonds. The van der Waals surface area contributed by atoms with Crippen molar-refractivity contribution in [3.8, 4) is 0 Å². The molecule has 2 aromatic rings. The first kappa shape index (κ1) is 13.9. The van der Waals surface area contributed by atoms with Crippen LogP contribution in [0.2, 0.25) is 0 Å². The maximum Gasteiger partial charge on any atom is 0.120 e. The number of nitrogens with zero attached hydrogens (tertiary/aromatic N) is 4. The van der Waals surface area contributed by atoms with E-state index >= 15 is 0 Å². The minimum atomic E-state index is 0.646. The monoisotopic (exact) mass is 297 g/mol. The third kappa shape index (κ3) is 3.05. The highest BCUT2D eigenvalue weighted by Crippen LogP contribution is 2.29. The van der Waals surface area contributed by atoms with Crippen LogP contribution >= 0.6 is 0 Å². The third-order valence-electron chi connectivity index (χ3n) is 4.92. The Kier molecular flexibility index (Phi) is 3.91. The summed E-state index contributed by atoms with van der Waals surface area (Å²) in [6, 6.07) is 6.85. The Labute approximate surface area is 131 Å². The fraction of sp³-hybridized carbons (Fsp3) is 0.529. The predicted molar refractivity (Wildman–Crippen MR) is 85.0 cm³/mol. The highest BCUT2D eigenvalue weighted by atomic mass is 15.3. The zero-order valence-corrected chi connectivity index (χ0v) is 12.9. The molecule has 0 radical (unpaired) electrons. The molecule has 5 nitrogen and oxygen atoms in total. The number of imidazole rings is 1. The van der Waals surface area contributed by atoms with Gasteiger partial charge < -0.3 is 4.98 Å². The van der Waals surface area contributed by atoms with Crippen molar-refractivity contribution in [2.75, 3.05) is 19.6 Å². The highest BCUT2D eigenvalue weighted by molar-refractivity contribution is 5.04. The average Bonchev–Trinajstić information content (AvgIpc) is 2.89. The lowest BCUT2D eigenvalue weighted by molar-refractivity contribution is 0.120. The highest BCUT2D eigenvalue weighted by Gasteiger charge is 2.34. The molecule has 5 heteroatoms. The van der Waals surface area contributed by atoms with E-state index in [0.717, 1.165) is 31.4 Å². The topological polar surface area (TPSA) is 48.0 Å². The number of pyridine rings is 1. The SMILES string of the molecule is c1ccc(CN2C[C@@H]3CC[C@H](C2)N(Cc2ncc[nH]2)C3)nc1. The van der Waals surface area contributed by atoms with Crippen molar-refractivity contribution in [3.63, 3.8) is 0 Å². The Bertz CT molecular complexity index is 582. The van der Waals surface area contributed by atoms with Gasteiger partial charge in [-0.05, 0) is 30.9 Å². The molecule has 116 valence electrons. The summed E-state index contributed by atoms with van der Waals surface area (Å²) in [5.74, 6) is 1.86. The summed E-state index contributed by atoms with van der Waals surface area (Å²) in [7, 11) is 0. The van der Waals surface area contributed by atoms with Crippen LogP contribution in [-0.2, 0) is 13.1 Å². The van der Waals surface area contributed by atoms with Crippen molar-refractivity contribution < 1.29 is 0 Å². The summed E-state index contributed by atoms with van der Waals surface area (Å²) in [6.45, 7) is 5.47. The quantitative estimate of drug-likeness (QED) is 0.936. The Morgan fingerprint density at radius 1 is 1.05 bits per heavy atom. The molecule has 5 rings (SSSR count). The molecule has 0 unspecified atom stereocenters. The van der Waals surface area contributed by atoms with Crippen molar-refractivity contribution >= 4 is 0 Å². The second-order valence-corrected chi connectivity index (χ2v) is 6.58. The number of aromatic nitrogens is 3. The van der Waals surface area contributed by atoms with Crippen LogP contribution < -0.4 is 0 Å². The van der Waals surface area contributed by atoms with Gasteiger partial charge in [0, 0.05) is 50.8 Å². The standard InChI is InChI=1S/C17H23N5/c1-2-6-18-15(3-1)11-21-9-14-4-5-16(12-21)22(10-14)13-17-19-7-8-20-17/h1-3,6-8,14,16H,4-5,9-13H2,(H,19,20)/t14-,16+/m0/s1. The summed E-state index contributed by atoms with van der Waals surface area (Å²) >= 11 is 0. The molecule has 2 bridgehead atoms. The number of nitrogens with one attached hydrogen (secondary N) is 1. The maximum absolute atomic E-state index is 4.48. The molecule has 0 aromatic carbocycles. The Morgan fingerprint density at radius 2 is 2.05 bits per heavy atom. The van der Waals surface area contributed by atoms with Crippen molar-refractivity contribution in [1.29, 1.82) is 0 Å². The molecule has 0 aliphatic carbocycles. The molecule has 5 heterocycles. The van der Waals surface area contributed by atoms with Crippen LogP contribution in [0.5, 0.6) is 0 Å². The van der Waals surface area contributed by atoms with Gasteiger partial charge in [0.1, 0.15) is 5.82 Å². The summed E-state index contributed by atoms with van der Waals surface area (Å²) < 4.78 is 0. The smallest absolute Gasteiger partial charge is 0.120 e. The van der Waals surface area contributed by atoms with Gasteiger partial charge in [0.25, 0.3) is 0 Å². The average molecular weight is 297 g/mol. The van der Waals surface area contributed by atoms with E-state index < -0.39 is 0 Å². The molecule has 3 fully saturated rings. The number of fused-ring (bicyclic) bond motifs is 4. The first-order chi connectivity index (χ1) is 10.9. The lowest BCUT2D eigenvalue weighted by atomic mass is 9.95. The van der Waals surface area contributed by atoms with E-state index in [9.17, 15) is 0 Å². The first-order valence-corrected chi connectivity index (χ1v) is 8.21. The van der Waals surface area contributed by atoms with Crippen LogP contribution in [0.1, 0.15) is 24.4 Å². The van der Waals surface area contributed by atoms with Crippen molar-refractivity contribution in [3.05, 3.63) is 48.3 Å². The van der Waals surface area contributed by atoms with E-state index in [4.69, 9.17) is 0 Å².